The molecule has 6 heteroatoms. The van der Waals surface area contributed by atoms with Crippen LogP contribution in [0.15, 0.2) is 18.2 Å². The Morgan fingerprint density at radius 2 is 2.05 bits per heavy atom. The smallest absolute Gasteiger partial charge is 0.293 e. The molecule has 1 N–H and O–H groups in total. The van der Waals surface area contributed by atoms with Crippen molar-refractivity contribution >= 4 is 17.3 Å². The SMILES string of the molecule is CC(C)CCNC(=O)c1ccc(N2CCCC2)c([N+](=O)[O-])c1. The van der Waals surface area contributed by atoms with Crippen LogP contribution in [-0.4, -0.2) is 30.5 Å². The van der Waals surface area contributed by atoms with E-state index in [4.69, 9.17) is 0 Å². The highest BCUT2D eigenvalue weighted by Crippen LogP contribution is 2.31. The zero-order valence-corrected chi connectivity index (χ0v) is 13.2. The van der Waals surface area contributed by atoms with Crippen LogP contribution in [0.5, 0.6) is 0 Å². The van der Waals surface area contributed by atoms with E-state index in [0.29, 0.717) is 23.7 Å². The summed E-state index contributed by atoms with van der Waals surface area (Å²) in [5.41, 5.74) is 0.970. The van der Waals surface area contributed by atoms with Gasteiger partial charge in [-0.3, -0.25) is 14.9 Å². The molecular formula is C16H23N3O3. The minimum Gasteiger partial charge on any atom is -0.366 e. The van der Waals surface area contributed by atoms with Gasteiger partial charge in [0.1, 0.15) is 5.69 Å². The van der Waals surface area contributed by atoms with Crippen molar-refractivity contribution in [3.8, 4) is 0 Å². The summed E-state index contributed by atoms with van der Waals surface area (Å²) in [4.78, 5) is 25.0. The third-order valence-corrected chi connectivity index (χ3v) is 3.89. The lowest BCUT2D eigenvalue weighted by Gasteiger charge is -2.17. The second-order valence-corrected chi connectivity index (χ2v) is 6.09. The molecule has 0 unspecified atom stereocenters. The molecular weight excluding hydrogens is 282 g/mol. The second kappa shape index (κ2) is 7.24. The first kappa shape index (κ1) is 16.3. The molecule has 1 aliphatic rings. The Labute approximate surface area is 130 Å². The minimum atomic E-state index is -0.404. The first-order valence-electron chi connectivity index (χ1n) is 7.80. The third kappa shape index (κ3) is 3.96. The van der Waals surface area contributed by atoms with Crippen molar-refractivity contribution in [3.05, 3.63) is 33.9 Å². The summed E-state index contributed by atoms with van der Waals surface area (Å²) >= 11 is 0. The predicted molar refractivity (Wildman–Crippen MR) is 86.3 cm³/mol. The summed E-state index contributed by atoms with van der Waals surface area (Å²) in [7, 11) is 0. The van der Waals surface area contributed by atoms with Crippen LogP contribution in [0.3, 0.4) is 0 Å². The number of nitrogens with zero attached hydrogens (tertiary/aromatic N) is 2. The molecule has 0 bridgehead atoms. The third-order valence-electron chi connectivity index (χ3n) is 3.89. The number of carbonyl (C=O) groups is 1. The second-order valence-electron chi connectivity index (χ2n) is 6.09. The van der Waals surface area contributed by atoms with Crippen molar-refractivity contribution in [2.75, 3.05) is 24.5 Å². The molecule has 0 aromatic heterocycles. The van der Waals surface area contributed by atoms with Gasteiger partial charge >= 0.3 is 0 Å². The maximum absolute atomic E-state index is 12.1. The first-order chi connectivity index (χ1) is 10.5. The summed E-state index contributed by atoms with van der Waals surface area (Å²) in [6.45, 7) is 6.42. The average molecular weight is 305 g/mol. The van der Waals surface area contributed by atoms with Crippen LogP contribution in [0.4, 0.5) is 11.4 Å². The maximum atomic E-state index is 12.1. The quantitative estimate of drug-likeness (QED) is 0.647. The van der Waals surface area contributed by atoms with Gasteiger partial charge in [-0.1, -0.05) is 13.8 Å². The maximum Gasteiger partial charge on any atom is 0.293 e. The van der Waals surface area contributed by atoms with Crippen LogP contribution in [0.25, 0.3) is 0 Å². The van der Waals surface area contributed by atoms with Gasteiger partial charge in [-0.25, -0.2) is 0 Å². The lowest BCUT2D eigenvalue weighted by molar-refractivity contribution is -0.384. The van der Waals surface area contributed by atoms with Crippen LogP contribution in [0.1, 0.15) is 43.5 Å². The lowest BCUT2D eigenvalue weighted by Crippen LogP contribution is -2.26. The van der Waals surface area contributed by atoms with Crippen molar-refractivity contribution in [3.63, 3.8) is 0 Å². The summed E-state index contributed by atoms with van der Waals surface area (Å²) in [6, 6.07) is 4.75. The fourth-order valence-corrected chi connectivity index (χ4v) is 2.61. The lowest BCUT2D eigenvalue weighted by atomic mass is 10.1. The largest absolute Gasteiger partial charge is 0.366 e. The van der Waals surface area contributed by atoms with E-state index in [2.05, 4.69) is 19.2 Å². The molecule has 0 saturated carbocycles. The van der Waals surface area contributed by atoms with Crippen molar-refractivity contribution in [2.45, 2.75) is 33.1 Å². The molecule has 0 spiro atoms. The van der Waals surface area contributed by atoms with Crippen LogP contribution in [-0.2, 0) is 0 Å². The molecule has 2 rings (SSSR count). The zero-order chi connectivity index (χ0) is 16.1. The number of nitrogens with one attached hydrogen (secondary N) is 1. The topological polar surface area (TPSA) is 75.5 Å². The van der Waals surface area contributed by atoms with Crippen LogP contribution in [0.2, 0.25) is 0 Å². The summed E-state index contributed by atoms with van der Waals surface area (Å²) in [5.74, 6) is 0.254. The van der Waals surface area contributed by atoms with E-state index >= 15 is 0 Å². The predicted octanol–water partition coefficient (Wildman–Crippen LogP) is 2.97. The van der Waals surface area contributed by atoms with Gasteiger partial charge in [0.25, 0.3) is 11.6 Å². The van der Waals surface area contributed by atoms with E-state index in [-0.39, 0.29) is 11.6 Å². The fraction of sp³-hybridized carbons (Fsp3) is 0.562. The number of hydrogen-bond acceptors (Lipinski definition) is 4. The monoisotopic (exact) mass is 305 g/mol. The molecule has 0 aliphatic carbocycles. The first-order valence-corrected chi connectivity index (χ1v) is 7.80. The Balaban J connectivity index is 2.14. The molecule has 22 heavy (non-hydrogen) atoms. The highest BCUT2D eigenvalue weighted by Gasteiger charge is 2.23. The molecule has 1 aliphatic heterocycles. The highest BCUT2D eigenvalue weighted by molar-refractivity contribution is 5.95. The number of carbonyl (C=O) groups excluding carboxylic acids is 1. The van der Waals surface area contributed by atoms with E-state index in [9.17, 15) is 14.9 Å². The summed E-state index contributed by atoms with van der Waals surface area (Å²) in [6.07, 6.45) is 2.99. The molecule has 0 atom stereocenters. The molecule has 1 heterocycles. The van der Waals surface area contributed by atoms with Crippen LogP contribution < -0.4 is 10.2 Å². The number of amides is 1. The summed E-state index contributed by atoms with van der Waals surface area (Å²) in [5, 5.41) is 14.1. The molecule has 1 aromatic carbocycles. The Bertz CT molecular complexity index is 552. The molecule has 6 nitrogen and oxygen atoms in total. The Morgan fingerprint density at radius 3 is 2.64 bits per heavy atom. The number of nitro benzene ring substituents is 1. The molecule has 120 valence electrons. The molecule has 1 fully saturated rings. The highest BCUT2D eigenvalue weighted by atomic mass is 16.6. The van der Waals surface area contributed by atoms with Gasteiger partial charge in [0.15, 0.2) is 0 Å². The Hall–Kier alpha value is -2.11. The van der Waals surface area contributed by atoms with Gasteiger partial charge in [-0.05, 0) is 37.3 Å². The van der Waals surface area contributed by atoms with Crippen molar-refractivity contribution < 1.29 is 9.72 Å². The van der Waals surface area contributed by atoms with E-state index in [0.717, 1.165) is 32.4 Å². The molecule has 1 amide bonds. The number of benzene rings is 1. The average Bonchev–Trinajstić information content (AvgIpc) is 3.00. The molecule has 1 saturated heterocycles. The van der Waals surface area contributed by atoms with E-state index in [1.165, 1.54) is 6.07 Å². The number of anilines is 1. The van der Waals surface area contributed by atoms with Crippen LogP contribution in [0, 0.1) is 16.0 Å². The summed E-state index contributed by atoms with van der Waals surface area (Å²) < 4.78 is 0. The van der Waals surface area contributed by atoms with Gasteiger partial charge in [0.05, 0.1) is 4.92 Å². The van der Waals surface area contributed by atoms with E-state index < -0.39 is 4.92 Å². The zero-order valence-electron chi connectivity index (χ0n) is 13.2. The van der Waals surface area contributed by atoms with E-state index in [1.54, 1.807) is 12.1 Å². The normalized spacial score (nSPS) is 14.4. The molecule has 1 aromatic rings. The van der Waals surface area contributed by atoms with Gasteiger partial charge in [0, 0.05) is 31.3 Å². The molecule has 0 radical (unpaired) electrons. The van der Waals surface area contributed by atoms with Gasteiger partial charge in [0.2, 0.25) is 0 Å². The van der Waals surface area contributed by atoms with Gasteiger partial charge in [-0.15, -0.1) is 0 Å². The van der Waals surface area contributed by atoms with Crippen LogP contribution >= 0.6 is 0 Å². The standard InChI is InChI=1S/C16H23N3O3/c1-12(2)7-8-17-16(20)13-5-6-14(15(11-13)19(21)22)18-9-3-4-10-18/h5-6,11-12H,3-4,7-10H2,1-2H3,(H,17,20). The minimum absolute atomic E-state index is 0.0124. The number of nitro groups is 1. The number of hydrogen-bond donors (Lipinski definition) is 1. The Morgan fingerprint density at radius 1 is 1.36 bits per heavy atom. The Kier molecular flexibility index (Phi) is 5.35. The fourth-order valence-electron chi connectivity index (χ4n) is 2.61. The number of rotatable bonds is 6. The van der Waals surface area contributed by atoms with E-state index in [1.807, 2.05) is 4.90 Å². The van der Waals surface area contributed by atoms with Gasteiger partial charge < -0.3 is 10.2 Å². The van der Waals surface area contributed by atoms with Crippen molar-refractivity contribution in [2.24, 2.45) is 5.92 Å². The van der Waals surface area contributed by atoms with Crippen molar-refractivity contribution in [1.82, 2.24) is 5.32 Å². The van der Waals surface area contributed by atoms with Gasteiger partial charge in [-0.2, -0.15) is 0 Å². The van der Waals surface area contributed by atoms with Crippen molar-refractivity contribution in [1.29, 1.82) is 0 Å².